The van der Waals surface area contributed by atoms with Crippen molar-refractivity contribution in [3.05, 3.63) is 63.8 Å². The van der Waals surface area contributed by atoms with Crippen LogP contribution in [0.3, 0.4) is 0 Å². The molecule has 0 amide bonds. The third-order valence-corrected chi connectivity index (χ3v) is 4.31. The average Bonchev–Trinajstić information content (AvgIpc) is 2.68. The summed E-state index contributed by atoms with van der Waals surface area (Å²) in [6, 6.07) is 6.29. The van der Waals surface area contributed by atoms with E-state index < -0.39 is 0 Å². The van der Waals surface area contributed by atoms with E-state index in [1.807, 2.05) is 27.7 Å². The summed E-state index contributed by atoms with van der Waals surface area (Å²) in [7, 11) is 0. The SMILES string of the molecule is CC.CC.C\C=C(C)/C(CCC)=C(C)/C=C(\C(C)=O)c1cc(C)ccc1C. The van der Waals surface area contributed by atoms with Gasteiger partial charge in [0.15, 0.2) is 5.78 Å². The van der Waals surface area contributed by atoms with E-state index >= 15 is 0 Å². The molecular weight excluding hydrogens is 328 g/mol. The van der Waals surface area contributed by atoms with Gasteiger partial charge in [0.25, 0.3) is 0 Å². The van der Waals surface area contributed by atoms with E-state index in [1.54, 1.807) is 6.92 Å². The number of aryl methyl sites for hydroxylation is 2. The molecule has 0 N–H and O–H groups in total. The maximum atomic E-state index is 12.3. The van der Waals surface area contributed by atoms with Crippen LogP contribution in [0.25, 0.3) is 5.57 Å². The van der Waals surface area contributed by atoms with Gasteiger partial charge in [0.2, 0.25) is 0 Å². The lowest BCUT2D eigenvalue weighted by Crippen LogP contribution is -2.00. The summed E-state index contributed by atoms with van der Waals surface area (Å²) in [6.45, 7) is 22.3. The van der Waals surface area contributed by atoms with Crippen molar-refractivity contribution < 1.29 is 4.79 Å². The zero-order valence-corrected chi connectivity index (χ0v) is 19.7. The van der Waals surface area contributed by atoms with Gasteiger partial charge in [0.1, 0.15) is 0 Å². The Morgan fingerprint density at radius 2 is 1.56 bits per heavy atom. The van der Waals surface area contributed by atoms with E-state index in [1.165, 1.54) is 22.3 Å². The monoisotopic (exact) mass is 370 g/mol. The second-order valence-electron chi connectivity index (χ2n) is 6.32. The van der Waals surface area contributed by atoms with Crippen molar-refractivity contribution in [2.45, 2.75) is 89.0 Å². The van der Waals surface area contributed by atoms with Crippen LogP contribution in [-0.2, 0) is 4.79 Å². The van der Waals surface area contributed by atoms with Gasteiger partial charge in [-0.3, -0.25) is 4.79 Å². The van der Waals surface area contributed by atoms with Gasteiger partial charge < -0.3 is 0 Å². The van der Waals surface area contributed by atoms with Crippen LogP contribution in [0.2, 0.25) is 0 Å². The Hall–Kier alpha value is -1.89. The number of carbonyl (C=O) groups excluding carboxylic acids is 1. The molecule has 1 nitrogen and oxygen atoms in total. The van der Waals surface area contributed by atoms with Crippen LogP contribution in [0, 0.1) is 13.8 Å². The fraction of sp³-hybridized carbons (Fsp3) is 0.500. The number of benzene rings is 1. The average molecular weight is 371 g/mol. The predicted octanol–water partition coefficient (Wildman–Crippen LogP) is 8.41. The van der Waals surface area contributed by atoms with E-state index in [9.17, 15) is 4.79 Å². The number of hydrogen-bond acceptors (Lipinski definition) is 1. The maximum Gasteiger partial charge on any atom is 0.160 e. The highest BCUT2D eigenvalue weighted by Gasteiger charge is 2.12. The molecule has 0 aromatic heterocycles. The smallest absolute Gasteiger partial charge is 0.160 e. The molecule has 0 aliphatic heterocycles. The molecule has 0 spiro atoms. The van der Waals surface area contributed by atoms with Crippen molar-refractivity contribution in [2.75, 3.05) is 0 Å². The maximum absolute atomic E-state index is 12.3. The van der Waals surface area contributed by atoms with Crippen molar-refractivity contribution in [2.24, 2.45) is 0 Å². The molecule has 0 fully saturated rings. The van der Waals surface area contributed by atoms with Gasteiger partial charge in [0, 0.05) is 5.57 Å². The lowest BCUT2D eigenvalue weighted by atomic mass is 9.91. The van der Waals surface area contributed by atoms with Crippen LogP contribution in [0.5, 0.6) is 0 Å². The highest BCUT2D eigenvalue weighted by Crippen LogP contribution is 2.27. The fourth-order valence-electron chi connectivity index (χ4n) is 2.83. The summed E-state index contributed by atoms with van der Waals surface area (Å²) in [5, 5.41) is 0. The third-order valence-electron chi connectivity index (χ3n) is 4.31. The van der Waals surface area contributed by atoms with E-state index in [2.05, 4.69) is 71.9 Å². The molecule has 152 valence electrons. The van der Waals surface area contributed by atoms with E-state index in [4.69, 9.17) is 0 Å². The molecule has 0 bridgehead atoms. The summed E-state index contributed by atoms with van der Waals surface area (Å²) >= 11 is 0. The quantitative estimate of drug-likeness (QED) is 0.363. The Balaban J connectivity index is 0. The summed E-state index contributed by atoms with van der Waals surface area (Å²) in [5.74, 6) is 0.118. The second kappa shape index (κ2) is 15.2. The van der Waals surface area contributed by atoms with Crippen molar-refractivity contribution in [3.63, 3.8) is 0 Å². The van der Waals surface area contributed by atoms with E-state index in [0.717, 1.165) is 29.5 Å². The largest absolute Gasteiger partial charge is 0.294 e. The topological polar surface area (TPSA) is 17.1 Å². The molecule has 27 heavy (non-hydrogen) atoms. The van der Waals surface area contributed by atoms with Crippen molar-refractivity contribution in [3.8, 4) is 0 Å². The number of hydrogen-bond donors (Lipinski definition) is 0. The lowest BCUT2D eigenvalue weighted by Gasteiger charge is -2.13. The van der Waals surface area contributed by atoms with Crippen LogP contribution in [-0.4, -0.2) is 5.78 Å². The Morgan fingerprint density at radius 3 is 2.00 bits per heavy atom. The van der Waals surface area contributed by atoms with Crippen molar-refractivity contribution in [1.82, 2.24) is 0 Å². The molecule has 0 aliphatic carbocycles. The Kier molecular flexibility index (Phi) is 15.4. The number of Topliss-reactive ketones (excluding diaryl/α,β-unsaturated/α-hetero) is 1. The molecule has 1 aromatic carbocycles. The molecule has 0 atom stereocenters. The lowest BCUT2D eigenvalue weighted by molar-refractivity contribution is -0.111. The van der Waals surface area contributed by atoms with Crippen LogP contribution in [0.1, 0.15) is 91.8 Å². The zero-order chi connectivity index (χ0) is 21.6. The molecule has 0 aliphatic rings. The van der Waals surface area contributed by atoms with Gasteiger partial charge in [-0.1, -0.05) is 76.5 Å². The minimum Gasteiger partial charge on any atom is -0.294 e. The Bertz CT molecular complexity index is 669. The van der Waals surface area contributed by atoms with Crippen LogP contribution >= 0.6 is 0 Å². The van der Waals surface area contributed by atoms with Gasteiger partial charge in [-0.25, -0.2) is 0 Å². The van der Waals surface area contributed by atoms with Gasteiger partial charge in [0.05, 0.1) is 0 Å². The molecule has 0 saturated heterocycles. The molecule has 1 heteroatoms. The molecule has 0 heterocycles. The highest BCUT2D eigenvalue weighted by atomic mass is 16.1. The van der Waals surface area contributed by atoms with Crippen molar-refractivity contribution >= 4 is 11.4 Å². The normalized spacial score (nSPS) is 12.3. The fourth-order valence-corrected chi connectivity index (χ4v) is 2.83. The molecule has 0 unspecified atom stereocenters. The summed E-state index contributed by atoms with van der Waals surface area (Å²) < 4.78 is 0. The van der Waals surface area contributed by atoms with Crippen LogP contribution < -0.4 is 0 Å². The first kappa shape index (κ1) is 27.3. The van der Waals surface area contributed by atoms with Gasteiger partial charge in [-0.2, -0.15) is 0 Å². The van der Waals surface area contributed by atoms with Crippen LogP contribution in [0.15, 0.2) is 47.1 Å². The van der Waals surface area contributed by atoms with Crippen LogP contribution in [0.4, 0.5) is 0 Å². The number of carbonyl (C=O) groups is 1. The number of rotatable bonds is 6. The second-order valence-corrected chi connectivity index (χ2v) is 6.32. The molecule has 0 radical (unpaired) electrons. The van der Waals surface area contributed by atoms with Gasteiger partial charge in [-0.15, -0.1) is 0 Å². The minimum atomic E-state index is 0.118. The summed E-state index contributed by atoms with van der Waals surface area (Å²) in [5.41, 5.74) is 8.01. The molecule has 1 aromatic rings. The Morgan fingerprint density at radius 1 is 1.00 bits per heavy atom. The van der Waals surface area contributed by atoms with E-state index in [0.29, 0.717) is 0 Å². The van der Waals surface area contributed by atoms with Gasteiger partial charge in [-0.05, 0) is 76.3 Å². The first-order valence-electron chi connectivity index (χ1n) is 10.4. The zero-order valence-electron chi connectivity index (χ0n) is 19.7. The van der Waals surface area contributed by atoms with Gasteiger partial charge >= 0.3 is 0 Å². The number of ketones is 1. The highest BCUT2D eigenvalue weighted by molar-refractivity contribution is 6.20. The van der Waals surface area contributed by atoms with E-state index in [-0.39, 0.29) is 5.78 Å². The first-order chi connectivity index (χ1) is 12.8. The number of allylic oxidation sites excluding steroid dienone is 6. The van der Waals surface area contributed by atoms with Crippen molar-refractivity contribution in [1.29, 1.82) is 0 Å². The first-order valence-corrected chi connectivity index (χ1v) is 10.4. The Labute approximate surface area is 169 Å². The predicted molar refractivity (Wildman–Crippen MR) is 124 cm³/mol. The molecule has 1 rings (SSSR count). The minimum absolute atomic E-state index is 0.118. The summed E-state index contributed by atoms with van der Waals surface area (Å²) in [6.07, 6.45) is 6.36. The standard InChI is InChI=1S/C22H30O.2C2H6/c1-8-10-20(16(4)9-2)18(6)14-22(19(7)23)21-13-15(3)11-12-17(21)5;2*1-2/h9,11-14H,8,10H2,1-7H3;2*1-2H3/b16-9-,20-18+,22-14+;;. The molecular formula is C26H42O. The molecule has 0 saturated carbocycles. The summed E-state index contributed by atoms with van der Waals surface area (Å²) in [4.78, 5) is 12.3. The third kappa shape index (κ3) is 9.04.